The topological polar surface area (TPSA) is 51.5 Å². The number of halogens is 4. The zero-order valence-electron chi connectivity index (χ0n) is 17.6. The third-order valence-corrected chi connectivity index (χ3v) is 6.05. The molecule has 0 amide bonds. The van der Waals surface area contributed by atoms with Crippen molar-refractivity contribution in [1.82, 2.24) is 14.6 Å². The Balaban J connectivity index is 1.86. The smallest absolute Gasteiger partial charge is 0.406 e. The van der Waals surface area contributed by atoms with Crippen LogP contribution < -0.4 is 10.1 Å². The molecule has 2 heterocycles. The molecule has 1 aliphatic carbocycles. The number of fused-ring (bicyclic) bond motifs is 2. The summed E-state index contributed by atoms with van der Waals surface area (Å²) in [6.07, 6.45) is 0.0520. The molecule has 1 aliphatic rings. The minimum atomic E-state index is -4.77. The monoisotopic (exact) mass is 452 g/mol. The number of rotatable bonds is 6. The van der Waals surface area contributed by atoms with Crippen LogP contribution in [-0.4, -0.2) is 27.0 Å². The molecule has 5 nitrogen and oxygen atoms in total. The Morgan fingerprint density at radius 2 is 1.97 bits per heavy atom. The third-order valence-electron chi connectivity index (χ3n) is 5.73. The number of hydrogen-bond donors (Lipinski definition) is 1. The minimum absolute atomic E-state index is 0.150. The van der Waals surface area contributed by atoms with Gasteiger partial charge in [-0.05, 0) is 57.2 Å². The quantitative estimate of drug-likeness (QED) is 0.473. The summed E-state index contributed by atoms with van der Waals surface area (Å²) in [5, 5.41) is 8.53. The average molecular weight is 453 g/mol. The van der Waals surface area contributed by atoms with E-state index in [2.05, 4.69) is 23.9 Å². The van der Waals surface area contributed by atoms with Crippen molar-refractivity contribution in [2.24, 2.45) is 0 Å². The van der Waals surface area contributed by atoms with E-state index in [0.717, 1.165) is 43.6 Å². The normalized spacial score (nSPS) is 13.8. The van der Waals surface area contributed by atoms with E-state index in [1.54, 1.807) is 0 Å². The summed E-state index contributed by atoms with van der Waals surface area (Å²) in [6.45, 7) is 6.14. The van der Waals surface area contributed by atoms with Crippen molar-refractivity contribution in [2.45, 2.75) is 65.3 Å². The first-order chi connectivity index (χ1) is 14.7. The van der Waals surface area contributed by atoms with Gasteiger partial charge in [-0.2, -0.15) is 9.61 Å². The Morgan fingerprint density at radius 1 is 1.23 bits per heavy atom. The van der Waals surface area contributed by atoms with Crippen LogP contribution in [0.2, 0.25) is 5.02 Å². The Bertz CT molecular complexity index is 1120. The molecule has 0 fully saturated rings. The fourth-order valence-electron chi connectivity index (χ4n) is 4.18. The van der Waals surface area contributed by atoms with E-state index in [-0.39, 0.29) is 10.8 Å². The molecular weight excluding hydrogens is 429 g/mol. The van der Waals surface area contributed by atoms with E-state index in [1.807, 2.05) is 11.4 Å². The van der Waals surface area contributed by atoms with E-state index in [1.165, 1.54) is 23.8 Å². The van der Waals surface area contributed by atoms with Crippen LogP contribution in [0.1, 0.15) is 50.1 Å². The van der Waals surface area contributed by atoms with Crippen LogP contribution >= 0.6 is 11.6 Å². The fraction of sp³-hybridized carbons (Fsp3) is 0.455. The summed E-state index contributed by atoms with van der Waals surface area (Å²) in [7, 11) is 0. The maximum Gasteiger partial charge on any atom is 0.573 e. The minimum Gasteiger partial charge on any atom is -0.406 e. The van der Waals surface area contributed by atoms with E-state index in [9.17, 15) is 13.2 Å². The second kappa shape index (κ2) is 8.22. The molecule has 3 aromatic rings. The Labute approximate surface area is 183 Å². The fourth-order valence-corrected chi connectivity index (χ4v) is 4.45. The molecule has 31 heavy (non-hydrogen) atoms. The zero-order chi connectivity index (χ0) is 22.3. The highest BCUT2D eigenvalue weighted by Gasteiger charge is 2.31. The van der Waals surface area contributed by atoms with Gasteiger partial charge >= 0.3 is 6.36 Å². The molecule has 0 atom stereocenters. The van der Waals surface area contributed by atoms with Crippen LogP contribution in [0.15, 0.2) is 18.2 Å². The van der Waals surface area contributed by atoms with Gasteiger partial charge in [-0.1, -0.05) is 25.4 Å². The van der Waals surface area contributed by atoms with Gasteiger partial charge in [0.2, 0.25) is 0 Å². The van der Waals surface area contributed by atoms with Crippen LogP contribution in [0.25, 0.3) is 16.8 Å². The summed E-state index contributed by atoms with van der Waals surface area (Å²) in [5.74, 6) is 0.592. The predicted molar refractivity (Wildman–Crippen MR) is 115 cm³/mol. The highest BCUT2D eigenvalue weighted by atomic mass is 35.5. The number of aromatic nitrogens is 3. The van der Waals surface area contributed by atoms with Crippen molar-refractivity contribution in [2.75, 3.05) is 5.32 Å². The number of ether oxygens (including phenoxy) is 1. The van der Waals surface area contributed by atoms with E-state index in [4.69, 9.17) is 21.7 Å². The van der Waals surface area contributed by atoms with Crippen molar-refractivity contribution in [3.8, 4) is 16.9 Å². The van der Waals surface area contributed by atoms with Gasteiger partial charge < -0.3 is 10.1 Å². The summed E-state index contributed by atoms with van der Waals surface area (Å²) in [6, 6.07) is 4.26. The lowest BCUT2D eigenvalue weighted by Gasteiger charge is -2.20. The maximum atomic E-state index is 12.6. The van der Waals surface area contributed by atoms with Crippen LogP contribution in [0.4, 0.5) is 19.0 Å². The van der Waals surface area contributed by atoms with Gasteiger partial charge in [0, 0.05) is 22.9 Å². The molecule has 4 rings (SSSR count). The molecule has 0 saturated heterocycles. The SMILES string of the molecule is CCC(CC)Nc1c2c(nc3c(-c4ccc(OC(F)(F)F)cc4Cl)c(C)nn13)CCC2. The number of anilines is 1. The lowest BCUT2D eigenvalue weighted by Crippen LogP contribution is -2.21. The van der Waals surface area contributed by atoms with Gasteiger partial charge in [0.1, 0.15) is 11.6 Å². The number of hydrogen-bond acceptors (Lipinski definition) is 4. The highest BCUT2D eigenvalue weighted by Crippen LogP contribution is 2.39. The van der Waals surface area contributed by atoms with Gasteiger partial charge in [-0.15, -0.1) is 13.2 Å². The molecule has 0 unspecified atom stereocenters. The van der Waals surface area contributed by atoms with Gasteiger partial charge in [0.25, 0.3) is 0 Å². The largest absolute Gasteiger partial charge is 0.573 e. The number of nitrogens with zero attached hydrogens (tertiary/aromatic N) is 3. The molecule has 166 valence electrons. The molecule has 0 aliphatic heterocycles. The molecule has 0 saturated carbocycles. The number of nitrogens with one attached hydrogen (secondary N) is 1. The molecule has 1 aromatic carbocycles. The second-order valence-electron chi connectivity index (χ2n) is 7.78. The van der Waals surface area contributed by atoms with Crippen molar-refractivity contribution in [3.05, 3.63) is 40.2 Å². The molecule has 1 N–H and O–H groups in total. The summed E-state index contributed by atoms with van der Waals surface area (Å²) >= 11 is 6.38. The van der Waals surface area contributed by atoms with Crippen LogP contribution in [-0.2, 0) is 12.8 Å². The number of alkyl halides is 3. The van der Waals surface area contributed by atoms with Gasteiger partial charge in [0.15, 0.2) is 5.65 Å². The second-order valence-corrected chi connectivity index (χ2v) is 8.19. The van der Waals surface area contributed by atoms with Gasteiger partial charge in [-0.3, -0.25) is 0 Å². The number of aryl methyl sites for hydroxylation is 2. The highest BCUT2D eigenvalue weighted by molar-refractivity contribution is 6.33. The average Bonchev–Trinajstić information content (AvgIpc) is 3.28. The Kier molecular flexibility index (Phi) is 5.77. The van der Waals surface area contributed by atoms with Gasteiger partial charge in [0.05, 0.1) is 16.3 Å². The molecular formula is C22H24ClF3N4O. The molecule has 0 bridgehead atoms. The predicted octanol–water partition coefficient (Wildman–Crippen LogP) is 6.35. The molecule has 0 spiro atoms. The van der Waals surface area contributed by atoms with E-state index >= 15 is 0 Å². The summed E-state index contributed by atoms with van der Waals surface area (Å²) in [5.41, 5.74) is 4.87. The standard InChI is InChI=1S/C22H24ClF3N4O/c1-4-13(5-2)27-20-16-7-6-8-18(16)28-21-19(12(3)29-30(20)21)15-10-9-14(11-17(15)23)31-22(24,25)26/h9-11,13,27H,4-8H2,1-3H3. The first-order valence-corrected chi connectivity index (χ1v) is 10.8. The Morgan fingerprint density at radius 3 is 2.61 bits per heavy atom. The zero-order valence-corrected chi connectivity index (χ0v) is 18.4. The molecule has 0 radical (unpaired) electrons. The summed E-state index contributed by atoms with van der Waals surface area (Å²) < 4.78 is 43.5. The van der Waals surface area contributed by atoms with Crippen LogP contribution in [0.3, 0.4) is 0 Å². The van der Waals surface area contributed by atoms with Crippen molar-refractivity contribution >= 4 is 23.1 Å². The van der Waals surface area contributed by atoms with Crippen molar-refractivity contribution in [3.63, 3.8) is 0 Å². The lowest BCUT2D eigenvalue weighted by molar-refractivity contribution is -0.274. The van der Waals surface area contributed by atoms with Crippen molar-refractivity contribution < 1.29 is 17.9 Å². The van der Waals surface area contributed by atoms with Crippen LogP contribution in [0, 0.1) is 6.92 Å². The number of benzene rings is 1. The molecule has 2 aromatic heterocycles. The van der Waals surface area contributed by atoms with Crippen LogP contribution in [0.5, 0.6) is 5.75 Å². The first kappa shape index (κ1) is 21.7. The Hall–Kier alpha value is -2.48. The lowest BCUT2D eigenvalue weighted by atomic mass is 10.1. The van der Waals surface area contributed by atoms with Crippen molar-refractivity contribution in [1.29, 1.82) is 0 Å². The molecule has 9 heteroatoms. The van der Waals surface area contributed by atoms with Gasteiger partial charge in [-0.25, -0.2) is 4.98 Å². The van der Waals surface area contributed by atoms with E-state index < -0.39 is 6.36 Å². The third kappa shape index (κ3) is 4.18. The summed E-state index contributed by atoms with van der Waals surface area (Å²) in [4.78, 5) is 4.89. The van der Waals surface area contributed by atoms with E-state index in [0.29, 0.717) is 28.5 Å². The maximum absolute atomic E-state index is 12.6. The first-order valence-electron chi connectivity index (χ1n) is 10.4.